The molecule has 2 heterocycles. The van der Waals surface area contributed by atoms with Crippen molar-refractivity contribution in [1.29, 1.82) is 0 Å². The summed E-state index contributed by atoms with van der Waals surface area (Å²) >= 11 is 0. The predicted octanol–water partition coefficient (Wildman–Crippen LogP) is 2.21. The number of rotatable bonds is 3. The number of carbonyl (C=O) groups is 2. The zero-order valence-corrected chi connectivity index (χ0v) is 15.9. The molecule has 2 fully saturated rings. The summed E-state index contributed by atoms with van der Waals surface area (Å²) in [6, 6.07) is 5.73. The van der Waals surface area contributed by atoms with Crippen molar-refractivity contribution in [2.75, 3.05) is 26.2 Å². The molecule has 1 aromatic carbocycles. The second-order valence-electron chi connectivity index (χ2n) is 7.18. The van der Waals surface area contributed by atoms with Gasteiger partial charge in [-0.2, -0.15) is 0 Å². The second-order valence-corrected chi connectivity index (χ2v) is 7.18. The molecule has 2 N–H and O–H groups in total. The van der Waals surface area contributed by atoms with Gasteiger partial charge in [-0.05, 0) is 56.0 Å². The van der Waals surface area contributed by atoms with E-state index in [1.54, 1.807) is 4.90 Å². The number of piperidine rings is 2. The SMILES string of the molecule is CC1CCNCC1NC(=O)C1CCCN(C(=O)c2ccc(F)cc2)C1.Cl. The quantitative estimate of drug-likeness (QED) is 0.841. The molecule has 1 aromatic rings. The first-order valence-corrected chi connectivity index (χ1v) is 9.10. The van der Waals surface area contributed by atoms with Crippen molar-refractivity contribution in [2.24, 2.45) is 11.8 Å². The maximum atomic E-state index is 13.0. The topological polar surface area (TPSA) is 61.4 Å². The highest BCUT2D eigenvalue weighted by Gasteiger charge is 2.31. The average Bonchev–Trinajstić information content (AvgIpc) is 2.64. The number of halogens is 2. The first kappa shape index (κ1) is 20.6. The van der Waals surface area contributed by atoms with Gasteiger partial charge in [-0.3, -0.25) is 9.59 Å². The van der Waals surface area contributed by atoms with Crippen molar-refractivity contribution in [1.82, 2.24) is 15.5 Å². The van der Waals surface area contributed by atoms with Crippen molar-refractivity contribution in [3.05, 3.63) is 35.6 Å². The lowest BCUT2D eigenvalue weighted by molar-refractivity contribution is -0.127. The van der Waals surface area contributed by atoms with Gasteiger partial charge in [0.1, 0.15) is 5.82 Å². The summed E-state index contributed by atoms with van der Waals surface area (Å²) < 4.78 is 13.0. The average molecular weight is 384 g/mol. The van der Waals surface area contributed by atoms with Crippen LogP contribution >= 0.6 is 12.4 Å². The molecule has 0 saturated carbocycles. The highest BCUT2D eigenvalue weighted by molar-refractivity contribution is 5.94. The molecule has 3 unspecified atom stereocenters. The van der Waals surface area contributed by atoms with Crippen LogP contribution in [-0.2, 0) is 4.79 Å². The molecule has 3 atom stereocenters. The van der Waals surface area contributed by atoms with Crippen LogP contribution in [0.15, 0.2) is 24.3 Å². The Kier molecular flexibility index (Phi) is 7.41. The van der Waals surface area contributed by atoms with Crippen LogP contribution in [0.4, 0.5) is 4.39 Å². The van der Waals surface area contributed by atoms with Crippen LogP contribution in [0.3, 0.4) is 0 Å². The molecule has 0 aromatic heterocycles. The Morgan fingerprint density at radius 3 is 2.65 bits per heavy atom. The lowest BCUT2D eigenvalue weighted by Gasteiger charge is -2.35. The van der Waals surface area contributed by atoms with Crippen LogP contribution in [0, 0.1) is 17.7 Å². The third-order valence-electron chi connectivity index (χ3n) is 5.33. The van der Waals surface area contributed by atoms with E-state index in [1.807, 2.05) is 0 Å². The predicted molar refractivity (Wildman–Crippen MR) is 101 cm³/mol. The molecule has 3 rings (SSSR count). The summed E-state index contributed by atoms with van der Waals surface area (Å²) in [4.78, 5) is 26.9. The number of nitrogens with zero attached hydrogens (tertiary/aromatic N) is 1. The first-order valence-electron chi connectivity index (χ1n) is 9.10. The molecule has 2 aliphatic rings. The summed E-state index contributed by atoms with van der Waals surface area (Å²) in [6.07, 6.45) is 2.67. The molecular weight excluding hydrogens is 357 g/mol. The van der Waals surface area contributed by atoms with Crippen LogP contribution in [-0.4, -0.2) is 48.9 Å². The van der Waals surface area contributed by atoms with Crippen molar-refractivity contribution in [2.45, 2.75) is 32.2 Å². The van der Waals surface area contributed by atoms with Gasteiger partial charge in [-0.15, -0.1) is 12.4 Å². The molecule has 0 radical (unpaired) electrons. The molecule has 2 saturated heterocycles. The highest BCUT2D eigenvalue weighted by Crippen LogP contribution is 2.20. The molecular formula is C19H27ClFN3O2. The van der Waals surface area contributed by atoms with E-state index in [2.05, 4.69) is 17.6 Å². The van der Waals surface area contributed by atoms with E-state index in [1.165, 1.54) is 24.3 Å². The van der Waals surface area contributed by atoms with Gasteiger partial charge < -0.3 is 15.5 Å². The van der Waals surface area contributed by atoms with E-state index in [-0.39, 0.29) is 42.0 Å². The van der Waals surface area contributed by atoms with Gasteiger partial charge in [0.2, 0.25) is 5.91 Å². The normalized spacial score (nSPS) is 25.9. The van der Waals surface area contributed by atoms with Gasteiger partial charge in [-0.25, -0.2) is 4.39 Å². The largest absolute Gasteiger partial charge is 0.352 e. The van der Waals surface area contributed by atoms with Crippen molar-refractivity contribution in [3.63, 3.8) is 0 Å². The van der Waals surface area contributed by atoms with Gasteiger partial charge in [0.05, 0.1) is 5.92 Å². The number of benzene rings is 1. The summed E-state index contributed by atoms with van der Waals surface area (Å²) in [5.41, 5.74) is 0.465. The zero-order chi connectivity index (χ0) is 17.8. The second kappa shape index (κ2) is 9.33. The monoisotopic (exact) mass is 383 g/mol. The van der Waals surface area contributed by atoms with Gasteiger partial charge in [0.25, 0.3) is 5.91 Å². The Labute approximate surface area is 160 Å². The molecule has 2 amide bonds. The lowest BCUT2D eigenvalue weighted by atomic mass is 9.92. The maximum absolute atomic E-state index is 13.0. The Balaban J connectivity index is 0.00000243. The Bertz CT molecular complexity index is 626. The Hall–Kier alpha value is -1.66. The molecule has 0 spiro atoms. The fourth-order valence-electron chi connectivity index (χ4n) is 3.63. The zero-order valence-electron chi connectivity index (χ0n) is 15.0. The third kappa shape index (κ3) is 4.95. The molecule has 2 aliphatic heterocycles. The van der Waals surface area contributed by atoms with Crippen LogP contribution < -0.4 is 10.6 Å². The highest BCUT2D eigenvalue weighted by atomic mass is 35.5. The summed E-state index contributed by atoms with van der Waals surface area (Å²) in [5.74, 6) is -0.164. The molecule has 5 nitrogen and oxygen atoms in total. The molecule has 26 heavy (non-hydrogen) atoms. The van der Waals surface area contributed by atoms with E-state index in [4.69, 9.17) is 0 Å². The van der Waals surface area contributed by atoms with Crippen LogP contribution in [0.2, 0.25) is 0 Å². The number of likely N-dealkylation sites (tertiary alicyclic amines) is 1. The van der Waals surface area contributed by atoms with E-state index in [9.17, 15) is 14.0 Å². The lowest BCUT2D eigenvalue weighted by Crippen LogP contribution is -2.53. The minimum Gasteiger partial charge on any atom is -0.352 e. The van der Waals surface area contributed by atoms with Crippen molar-refractivity contribution >= 4 is 24.2 Å². The Morgan fingerprint density at radius 2 is 1.96 bits per heavy atom. The fourth-order valence-corrected chi connectivity index (χ4v) is 3.63. The van der Waals surface area contributed by atoms with Crippen LogP contribution in [0.5, 0.6) is 0 Å². The maximum Gasteiger partial charge on any atom is 0.253 e. The van der Waals surface area contributed by atoms with Gasteiger partial charge >= 0.3 is 0 Å². The van der Waals surface area contributed by atoms with Crippen molar-refractivity contribution in [3.8, 4) is 0 Å². The summed E-state index contributed by atoms with van der Waals surface area (Å²) in [7, 11) is 0. The van der Waals surface area contributed by atoms with E-state index < -0.39 is 0 Å². The van der Waals surface area contributed by atoms with E-state index >= 15 is 0 Å². The molecule has 144 valence electrons. The number of carbonyl (C=O) groups excluding carboxylic acids is 2. The van der Waals surface area contributed by atoms with E-state index in [0.29, 0.717) is 24.6 Å². The minimum atomic E-state index is -0.359. The summed E-state index contributed by atoms with van der Waals surface area (Å²) in [5, 5.41) is 6.47. The number of hydrogen-bond donors (Lipinski definition) is 2. The third-order valence-corrected chi connectivity index (χ3v) is 5.33. The molecule has 0 aliphatic carbocycles. The minimum absolute atomic E-state index is 0. The van der Waals surface area contributed by atoms with Crippen molar-refractivity contribution < 1.29 is 14.0 Å². The summed E-state index contributed by atoms with van der Waals surface area (Å²) in [6.45, 7) is 5.03. The fraction of sp³-hybridized carbons (Fsp3) is 0.579. The molecule has 0 bridgehead atoms. The van der Waals surface area contributed by atoms with Crippen LogP contribution in [0.25, 0.3) is 0 Å². The first-order chi connectivity index (χ1) is 12.0. The number of amides is 2. The van der Waals surface area contributed by atoms with Gasteiger partial charge in [-0.1, -0.05) is 6.92 Å². The van der Waals surface area contributed by atoms with Gasteiger partial charge in [0.15, 0.2) is 0 Å². The Morgan fingerprint density at radius 1 is 1.23 bits per heavy atom. The smallest absolute Gasteiger partial charge is 0.253 e. The van der Waals surface area contributed by atoms with E-state index in [0.717, 1.165) is 32.4 Å². The van der Waals surface area contributed by atoms with Crippen LogP contribution in [0.1, 0.15) is 36.5 Å². The number of nitrogens with one attached hydrogen (secondary N) is 2. The molecule has 7 heteroatoms. The standard InChI is InChI=1S/C19H26FN3O2.ClH/c1-13-8-9-21-11-17(13)22-18(24)15-3-2-10-23(12-15)19(25)14-4-6-16(20)7-5-14;/h4-7,13,15,17,21H,2-3,8-12H2,1H3,(H,22,24);1H. The number of hydrogen-bond acceptors (Lipinski definition) is 3. The van der Waals surface area contributed by atoms with Gasteiger partial charge in [0, 0.05) is 31.2 Å².